The highest BCUT2D eigenvalue weighted by Crippen LogP contribution is 2.45. The molecule has 2 atom stereocenters. The summed E-state index contributed by atoms with van der Waals surface area (Å²) in [6.45, 7) is 1.56. The van der Waals surface area contributed by atoms with Crippen molar-refractivity contribution in [1.82, 2.24) is 4.90 Å². The van der Waals surface area contributed by atoms with Crippen LogP contribution in [0.5, 0.6) is 0 Å². The smallest absolute Gasteiger partial charge is 0.227 e. The van der Waals surface area contributed by atoms with Gasteiger partial charge in [0.25, 0.3) is 0 Å². The summed E-state index contributed by atoms with van der Waals surface area (Å²) in [5.74, 6) is 0.190. The molecule has 4 rings (SSSR count). The normalized spacial score (nSPS) is 25.6. The molecule has 0 aromatic heterocycles. The summed E-state index contributed by atoms with van der Waals surface area (Å²) in [6, 6.07) is 18.6. The number of aliphatic hydroxyl groups is 1. The molecule has 3 heteroatoms. The van der Waals surface area contributed by atoms with Crippen molar-refractivity contribution in [3.63, 3.8) is 0 Å². The number of carbonyl (C=O) groups excluding carboxylic acids is 1. The molecule has 136 valence electrons. The van der Waals surface area contributed by atoms with E-state index in [4.69, 9.17) is 0 Å². The lowest BCUT2D eigenvalue weighted by Gasteiger charge is -2.42. The van der Waals surface area contributed by atoms with Crippen molar-refractivity contribution < 1.29 is 9.90 Å². The molecule has 1 amide bonds. The zero-order chi connectivity index (χ0) is 18.0. The lowest BCUT2D eigenvalue weighted by molar-refractivity contribution is -0.135. The predicted octanol–water partition coefficient (Wildman–Crippen LogP) is 4.05. The first-order valence-corrected chi connectivity index (χ1v) is 9.77. The number of amides is 1. The minimum atomic E-state index is -0.233. The molecule has 0 unspecified atom stereocenters. The SMILES string of the molecule is O=C(Cc1ccc(-c2ccccc2)cc1)N1CCC[C@@]2(CCC[C@H]2O)C1. The molecular formula is C23H27NO2. The van der Waals surface area contributed by atoms with Crippen molar-refractivity contribution in [3.05, 3.63) is 60.2 Å². The highest BCUT2D eigenvalue weighted by atomic mass is 16.3. The van der Waals surface area contributed by atoms with Crippen LogP contribution in [0, 0.1) is 5.41 Å². The molecule has 2 aliphatic rings. The van der Waals surface area contributed by atoms with E-state index in [1.165, 1.54) is 11.1 Å². The highest BCUT2D eigenvalue weighted by molar-refractivity contribution is 5.79. The number of carbonyl (C=O) groups is 1. The van der Waals surface area contributed by atoms with E-state index in [0.29, 0.717) is 6.42 Å². The van der Waals surface area contributed by atoms with Crippen LogP contribution in [0.4, 0.5) is 0 Å². The van der Waals surface area contributed by atoms with E-state index in [0.717, 1.165) is 50.8 Å². The van der Waals surface area contributed by atoms with Gasteiger partial charge in [-0.25, -0.2) is 0 Å². The Kier molecular flexibility index (Phi) is 4.82. The molecule has 3 nitrogen and oxygen atoms in total. The molecular weight excluding hydrogens is 322 g/mol. The number of aliphatic hydroxyl groups excluding tert-OH is 1. The third-order valence-corrected chi connectivity index (χ3v) is 6.24. The van der Waals surface area contributed by atoms with Gasteiger partial charge in [-0.1, -0.05) is 61.0 Å². The van der Waals surface area contributed by atoms with Gasteiger partial charge in [0.2, 0.25) is 5.91 Å². The van der Waals surface area contributed by atoms with Crippen LogP contribution >= 0.6 is 0 Å². The quantitative estimate of drug-likeness (QED) is 0.908. The molecule has 1 heterocycles. The average Bonchev–Trinajstić information content (AvgIpc) is 3.02. The maximum Gasteiger partial charge on any atom is 0.227 e. The molecule has 1 aliphatic carbocycles. The van der Waals surface area contributed by atoms with Gasteiger partial charge in [-0.05, 0) is 42.4 Å². The number of nitrogens with zero attached hydrogens (tertiary/aromatic N) is 1. The average molecular weight is 349 g/mol. The minimum absolute atomic E-state index is 0.0366. The Hall–Kier alpha value is -2.13. The molecule has 1 saturated carbocycles. The molecule has 2 aromatic rings. The van der Waals surface area contributed by atoms with E-state index >= 15 is 0 Å². The van der Waals surface area contributed by atoms with Crippen molar-refractivity contribution in [1.29, 1.82) is 0 Å². The summed E-state index contributed by atoms with van der Waals surface area (Å²) in [5.41, 5.74) is 3.39. The van der Waals surface area contributed by atoms with Crippen LogP contribution in [-0.4, -0.2) is 35.1 Å². The third-order valence-electron chi connectivity index (χ3n) is 6.24. The monoisotopic (exact) mass is 349 g/mol. The van der Waals surface area contributed by atoms with E-state index in [1.54, 1.807) is 0 Å². The van der Waals surface area contributed by atoms with Crippen molar-refractivity contribution in [2.24, 2.45) is 5.41 Å². The van der Waals surface area contributed by atoms with Gasteiger partial charge in [-0.2, -0.15) is 0 Å². The second-order valence-corrected chi connectivity index (χ2v) is 7.93. The van der Waals surface area contributed by atoms with Gasteiger partial charge in [-0.15, -0.1) is 0 Å². The maximum absolute atomic E-state index is 12.8. The maximum atomic E-state index is 12.8. The van der Waals surface area contributed by atoms with Crippen molar-refractivity contribution in [3.8, 4) is 11.1 Å². The number of piperidine rings is 1. The van der Waals surface area contributed by atoms with Gasteiger partial charge in [0, 0.05) is 18.5 Å². The number of benzene rings is 2. The second kappa shape index (κ2) is 7.24. The fourth-order valence-corrected chi connectivity index (χ4v) is 4.70. The molecule has 0 radical (unpaired) electrons. The van der Waals surface area contributed by atoms with Crippen LogP contribution in [0.3, 0.4) is 0 Å². The summed E-state index contributed by atoms with van der Waals surface area (Å²) in [4.78, 5) is 14.8. The van der Waals surface area contributed by atoms with E-state index in [2.05, 4.69) is 36.4 Å². The van der Waals surface area contributed by atoms with E-state index < -0.39 is 0 Å². The van der Waals surface area contributed by atoms with Gasteiger partial charge >= 0.3 is 0 Å². The van der Waals surface area contributed by atoms with Crippen molar-refractivity contribution >= 4 is 5.91 Å². The molecule has 2 aromatic carbocycles. The van der Waals surface area contributed by atoms with E-state index in [-0.39, 0.29) is 17.4 Å². The van der Waals surface area contributed by atoms with Crippen molar-refractivity contribution in [2.45, 2.75) is 44.6 Å². The first-order chi connectivity index (χ1) is 12.7. The van der Waals surface area contributed by atoms with Gasteiger partial charge in [0.1, 0.15) is 0 Å². The Labute approximate surface area is 155 Å². The fraction of sp³-hybridized carbons (Fsp3) is 0.435. The first-order valence-electron chi connectivity index (χ1n) is 9.77. The van der Waals surface area contributed by atoms with Gasteiger partial charge in [0.15, 0.2) is 0 Å². The standard InChI is InChI=1S/C23H27NO2/c25-21-8-4-13-23(21)14-5-15-24(17-23)22(26)16-18-9-11-20(12-10-18)19-6-2-1-3-7-19/h1-3,6-7,9-12,21,25H,4-5,8,13-17H2/t21-,23+/m1/s1. The Balaban J connectivity index is 1.41. The van der Waals surface area contributed by atoms with Gasteiger partial charge in [-0.3, -0.25) is 4.79 Å². The lowest BCUT2D eigenvalue weighted by atomic mass is 9.76. The fourth-order valence-electron chi connectivity index (χ4n) is 4.70. The van der Waals surface area contributed by atoms with Crippen LogP contribution < -0.4 is 0 Å². The van der Waals surface area contributed by atoms with E-state index in [9.17, 15) is 9.90 Å². The molecule has 1 saturated heterocycles. The van der Waals surface area contributed by atoms with Crippen LogP contribution in [-0.2, 0) is 11.2 Å². The molecule has 2 fully saturated rings. The van der Waals surface area contributed by atoms with E-state index in [1.807, 2.05) is 23.1 Å². The van der Waals surface area contributed by atoms with Gasteiger partial charge < -0.3 is 10.0 Å². The number of rotatable bonds is 3. The Bertz CT molecular complexity index is 756. The molecule has 1 N–H and O–H groups in total. The topological polar surface area (TPSA) is 40.5 Å². The third kappa shape index (κ3) is 3.41. The first kappa shape index (κ1) is 17.3. The van der Waals surface area contributed by atoms with Crippen LogP contribution in [0.2, 0.25) is 0 Å². The lowest BCUT2D eigenvalue weighted by Crippen LogP contribution is -2.49. The Morgan fingerprint density at radius 1 is 1.00 bits per heavy atom. The van der Waals surface area contributed by atoms with Crippen LogP contribution in [0.1, 0.15) is 37.7 Å². The number of hydrogen-bond donors (Lipinski definition) is 1. The Morgan fingerprint density at radius 2 is 1.69 bits per heavy atom. The van der Waals surface area contributed by atoms with Gasteiger partial charge in [0.05, 0.1) is 12.5 Å². The predicted molar refractivity (Wildman–Crippen MR) is 104 cm³/mol. The highest BCUT2D eigenvalue weighted by Gasteiger charge is 2.45. The van der Waals surface area contributed by atoms with Crippen molar-refractivity contribution in [2.75, 3.05) is 13.1 Å². The molecule has 26 heavy (non-hydrogen) atoms. The summed E-state index contributed by atoms with van der Waals surface area (Å²) < 4.78 is 0. The van der Waals surface area contributed by atoms with Crippen LogP contribution in [0.15, 0.2) is 54.6 Å². The molecule has 1 spiro atoms. The zero-order valence-corrected chi connectivity index (χ0v) is 15.2. The largest absolute Gasteiger partial charge is 0.392 e. The summed E-state index contributed by atoms with van der Waals surface area (Å²) in [6.07, 6.45) is 5.32. The minimum Gasteiger partial charge on any atom is -0.392 e. The summed E-state index contributed by atoms with van der Waals surface area (Å²) in [7, 11) is 0. The number of hydrogen-bond acceptors (Lipinski definition) is 2. The molecule has 1 aliphatic heterocycles. The number of likely N-dealkylation sites (tertiary alicyclic amines) is 1. The second-order valence-electron chi connectivity index (χ2n) is 7.93. The summed E-state index contributed by atoms with van der Waals surface area (Å²) in [5, 5.41) is 10.4. The van der Waals surface area contributed by atoms with Crippen LogP contribution in [0.25, 0.3) is 11.1 Å². The Morgan fingerprint density at radius 3 is 2.38 bits per heavy atom. The zero-order valence-electron chi connectivity index (χ0n) is 15.2. The summed E-state index contributed by atoms with van der Waals surface area (Å²) >= 11 is 0. The molecule has 0 bridgehead atoms.